The molecule has 7 heteroatoms. The number of hydrogen-bond acceptors (Lipinski definition) is 4. The van der Waals surface area contributed by atoms with E-state index in [1.165, 1.54) is 35.0 Å². The van der Waals surface area contributed by atoms with E-state index in [-0.39, 0.29) is 16.9 Å². The number of carboxylic acids is 1. The lowest BCUT2D eigenvalue weighted by Crippen LogP contribution is -2.06. The molecule has 3 rings (SSSR count). The van der Waals surface area contributed by atoms with Crippen molar-refractivity contribution < 1.29 is 21.1 Å². The van der Waals surface area contributed by atoms with Crippen molar-refractivity contribution in [2.75, 3.05) is 6.26 Å². The molecule has 0 spiro atoms. The molecule has 130 valence electrons. The average Bonchev–Trinajstić information content (AvgIpc) is 2.86. The fourth-order valence-electron chi connectivity index (χ4n) is 2.72. The summed E-state index contributed by atoms with van der Waals surface area (Å²) in [5.41, 5.74) is 1.54. The Morgan fingerprint density at radius 2 is 1.96 bits per heavy atom. The van der Waals surface area contributed by atoms with Crippen molar-refractivity contribution in [2.45, 2.75) is 24.7 Å². The summed E-state index contributed by atoms with van der Waals surface area (Å²) in [7, 11) is -3.39. The number of hydrogen-bond donors (Lipinski definition) is 1. The molecule has 0 fully saturated rings. The van der Waals surface area contributed by atoms with Crippen LogP contribution in [0.15, 0.2) is 47.5 Å². The molecular formula is C18H18N2O4S. The molecule has 2 aromatic heterocycles. The van der Waals surface area contributed by atoms with Crippen LogP contribution in [-0.4, -0.2) is 35.3 Å². The standard InChI is InChI=1S/C18H18N2O4S/c1-12-16(10-17(21)22)15-4-3-9-19-18(15)20(12)11-13-5-7-14(8-6-13)25(2,23)24/h3-9H,10-11H2,1-2H3,(H,21,22)/i11D2. The fraction of sp³-hybridized carbons (Fsp3) is 0.222. The molecule has 0 amide bonds. The first-order chi connectivity index (χ1) is 12.5. The molecule has 6 nitrogen and oxygen atoms in total. The van der Waals surface area contributed by atoms with Gasteiger partial charge in [-0.05, 0) is 42.3 Å². The largest absolute Gasteiger partial charge is 0.481 e. The lowest BCUT2D eigenvalue weighted by Gasteiger charge is -2.09. The lowest BCUT2D eigenvalue weighted by atomic mass is 10.1. The van der Waals surface area contributed by atoms with Crippen LogP contribution in [0.2, 0.25) is 0 Å². The van der Waals surface area contributed by atoms with Crippen LogP contribution in [0.1, 0.15) is 19.6 Å². The van der Waals surface area contributed by atoms with Crippen molar-refractivity contribution >= 4 is 26.8 Å². The minimum Gasteiger partial charge on any atom is -0.481 e. The third-order valence-electron chi connectivity index (χ3n) is 3.95. The van der Waals surface area contributed by atoms with E-state index in [4.69, 9.17) is 2.74 Å². The van der Waals surface area contributed by atoms with Crippen LogP contribution in [0.3, 0.4) is 0 Å². The predicted molar refractivity (Wildman–Crippen MR) is 94.5 cm³/mol. The molecule has 0 atom stereocenters. The summed E-state index contributed by atoms with van der Waals surface area (Å²) in [6.45, 7) is -0.397. The number of aliphatic carboxylic acids is 1. The summed E-state index contributed by atoms with van der Waals surface area (Å²) in [5.74, 6) is -1.01. The zero-order valence-corrected chi connectivity index (χ0v) is 14.5. The van der Waals surface area contributed by atoms with Gasteiger partial charge in [0, 0.05) is 30.0 Å². The van der Waals surface area contributed by atoms with Crippen LogP contribution >= 0.6 is 0 Å². The van der Waals surface area contributed by atoms with Crippen molar-refractivity contribution in [1.82, 2.24) is 9.55 Å². The Balaban J connectivity index is 2.21. The van der Waals surface area contributed by atoms with E-state index in [0.717, 1.165) is 6.26 Å². The Hall–Kier alpha value is -2.67. The average molecular weight is 360 g/mol. The first-order valence-electron chi connectivity index (χ1n) is 8.51. The highest BCUT2D eigenvalue weighted by molar-refractivity contribution is 7.90. The minimum atomic E-state index is -3.39. The highest BCUT2D eigenvalue weighted by Gasteiger charge is 2.17. The molecule has 1 aromatic carbocycles. The number of sulfone groups is 1. The SMILES string of the molecule is [2H]C([2H])(c1ccc(S(C)(=O)=O)cc1)n1c(C)c(CC(=O)O)c2cccnc21. The maximum Gasteiger partial charge on any atom is 0.307 e. The molecule has 0 aliphatic carbocycles. The number of nitrogens with zero attached hydrogens (tertiary/aromatic N) is 2. The van der Waals surface area contributed by atoms with E-state index < -0.39 is 22.3 Å². The van der Waals surface area contributed by atoms with Crippen LogP contribution in [0.4, 0.5) is 0 Å². The Morgan fingerprint density at radius 3 is 2.56 bits per heavy atom. The van der Waals surface area contributed by atoms with Gasteiger partial charge in [0.25, 0.3) is 0 Å². The highest BCUT2D eigenvalue weighted by Crippen LogP contribution is 2.26. The van der Waals surface area contributed by atoms with Crippen molar-refractivity contribution in [2.24, 2.45) is 0 Å². The van der Waals surface area contributed by atoms with Gasteiger partial charge in [-0.1, -0.05) is 12.1 Å². The second-order valence-corrected chi connectivity index (χ2v) is 7.77. The fourth-order valence-corrected chi connectivity index (χ4v) is 3.35. The van der Waals surface area contributed by atoms with Gasteiger partial charge in [0.15, 0.2) is 9.84 Å². The molecule has 0 radical (unpaired) electrons. The third-order valence-corrected chi connectivity index (χ3v) is 5.08. The first-order valence-corrected chi connectivity index (χ1v) is 9.40. The van der Waals surface area contributed by atoms with Gasteiger partial charge in [0.1, 0.15) is 5.65 Å². The van der Waals surface area contributed by atoms with E-state index in [1.807, 2.05) is 0 Å². The van der Waals surface area contributed by atoms with Gasteiger partial charge in [-0.2, -0.15) is 0 Å². The Bertz CT molecular complexity index is 1140. The summed E-state index contributed by atoms with van der Waals surface area (Å²) >= 11 is 0. The smallest absolute Gasteiger partial charge is 0.307 e. The highest BCUT2D eigenvalue weighted by atomic mass is 32.2. The summed E-state index contributed by atoms with van der Waals surface area (Å²) in [4.78, 5) is 15.6. The zero-order chi connectivity index (χ0) is 20.0. The van der Waals surface area contributed by atoms with Crippen molar-refractivity contribution in [3.8, 4) is 0 Å². The van der Waals surface area contributed by atoms with E-state index in [1.54, 1.807) is 19.1 Å². The van der Waals surface area contributed by atoms with Gasteiger partial charge in [0.2, 0.25) is 0 Å². The number of fused-ring (bicyclic) bond motifs is 1. The molecule has 0 aliphatic rings. The van der Waals surface area contributed by atoms with Crippen molar-refractivity contribution in [3.63, 3.8) is 0 Å². The molecule has 0 aliphatic heterocycles. The van der Waals surface area contributed by atoms with Crippen LogP contribution < -0.4 is 0 Å². The van der Waals surface area contributed by atoms with Crippen molar-refractivity contribution in [3.05, 3.63) is 59.4 Å². The normalized spacial score (nSPS) is 13.5. The first kappa shape index (κ1) is 14.7. The summed E-state index contributed by atoms with van der Waals surface area (Å²) in [5, 5.41) is 9.78. The number of rotatable bonds is 5. The molecule has 3 aromatic rings. The number of pyridine rings is 1. The molecular weight excluding hydrogens is 340 g/mol. The Kier molecular flexibility index (Phi) is 3.71. The number of carboxylic acid groups (broad SMARTS) is 1. The molecule has 0 saturated carbocycles. The zero-order valence-electron chi connectivity index (χ0n) is 15.7. The van der Waals surface area contributed by atoms with E-state index in [0.29, 0.717) is 22.3 Å². The van der Waals surface area contributed by atoms with Gasteiger partial charge < -0.3 is 9.67 Å². The summed E-state index contributed by atoms with van der Waals surface area (Å²) < 4.78 is 41.9. The van der Waals surface area contributed by atoms with E-state index in [2.05, 4.69) is 4.98 Å². The maximum absolute atomic E-state index is 11.6. The van der Waals surface area contributed by atoms with Crippen molar-refractivity contribution in [1.29, 1.82) is 0 Å². The Labute approximate surface area is 148 Å². The van der Waals surface area contributed by atoms with Gasteiger partial charge >= 0.3 is 5.97 Å². The lowest BCUT2D eigenvalue weighted by molar-refractivity contribution is -0.136. The van der Waals surface area contributed by atoms with Gasteiger partial charge in [0.05, 0.1) is 14.1 Å². The van der Waals surface area contributed by atoms with Crippen LogP contribution in [0, 0.1) is 6.92 Å². The summed E-state index contributed by atoms with van der Waals surface area (Å²) in [6, 6.07) is 8.94. The predicted octanol–water partition coefficient (Wildman–Crippen LogP) is 2.42. The van der Waals surface area contributed by atoms with Crippen LogP contribution in [0.25, 0.3) is 11.0 Å². The summed E-state index contributed by atoms with van der Waals surface area (Å²) in [6.07, 6.45) is 2.36. The second kappa shape index (κ2) is 6.33. The topological polar surface area (TPSA) is 89.3 Å². The van der Waals surface area contributed by atoms with Gasteiger partial charge in [-0.15, -0.1) is 0 Å². The number of benzene rings is 1. The molecule has 25 heavy (non-hydrogen) atoms. The third kappa shape index (κ3) is 3.41. The van der Waals surface area contributed by atoms with Gasteiger partial charge in [-0.25, -0.2) is 13.4 Å². The van der Waals surface area contributed by atoms with Crippen LogP contribution in [0.5, 0.6) is 0 Å². The van der Waals surface area contributed by atoms with Gasteiger partial charge in [-0.3, -0.25) is 4.79 Å². The number of aromatic nitrogens is 2. The minimum absolute atomic E-state index is 0.0980. The van der Waals surface area contributed by atoms with Crippen LogP contribution in [-0.2, 0) is 27.5 Å². The maximum atomic E-state index is 11.6. The van der Waals surface area contributed by atoms with E-state index in [9.17, 15) is 18.3 Å². The quantitative estimate of drug-likeness (QED) is 0.755. The monoisotopic (exact) mass is 360 g/mol. The molecule has 1 N–H and O–H groups in total. The molecule has 0 unspecified atom stereocenters. The molecule has 2 heterocycles. The second-order valence-electron chi connectivity index (χ2n) is 5.75. The Morgan fingerprint density at radius 1 is 1.28 bits per heavy atom. The van der Waals surface area contributed by atoms with E-state index >= 15 is 0 Å². The number of carbonyl (C=O) groups is 1. The molecule has 0 bridgehead atoms. The molecule has 0 saturated heterocycles.